The van der Waals surface area contributed by atoms with Gasteiger partial charge in [0.25, 0.3) is 5.69 Å². The van der Waals surface area contributed by atoms with Crippen molar-refractivity contribution < 1.29 is 84.4 Å². The van der Waals surface area contributed by atoms with E-state index in [2.05, 4.69) is 0 Å². The van der Waals surface area contributed by atoms with E-state index in [1.807, 2.05) is 0 Å². The van der Waals surface area contributed by atoms with Crippen molar-refractivity contribution in [3.8, 4) is 5.75 Å². The van der Waals surface area contributed by atoms with Crippen molar-refractivity contribution in [3.05, 3.63) is 34.4 Å². The molecular formula is C24H35NO18. The zero-order valence-corrected chi connectivity index (χ0v) is 22.3. The predicted octanol–water partition coefficient (Wildman–Crippen LogP) is -5.58. The first kappa shape index (κ1) is 33.7. The molecule has 0 amide bonds. The third-order valence-corrected chi connectivity index (χ3v) is 7.37. The normalized spacial score (nSPS) is 43.7. The van der Waals surface area contributed by atoms with Crippen LogP contribution in [0.4, 0.5) is 5.69 Å². The molecule has 0 aromatic heterocycles. The molecule has 3 fully saturated rings. The molecule has 19 heteroatoms. The topological polar surface area (TPSA) is 301 Å². The molecule has 43 heavy (non-hydrogen) atoms. The first-order valence-electron chi connectivity index (χ1n) is 13.2. The zero-order chi connectivity index (χ0) is 31.6. The maximum absolute atomic E-state index is 10.8. The maximum atomic E-state index is 10.8. The number of nitro groups is 1. The van der Waals surface area contributed by atoms with Gasteiger partial charge >= 0.3 is 0 Å². The van der Waals surface area contributed by atoms with Crippen LogP contribution in [-0.4, -0.2) is 168 Å². The van der Waals surface area contributed by atoms with E-state index in [4.69, 9.17) is 28.4 Å². The monoisotopic (exact) mass is 625 g/mol. The second-order valence-electron chi connectivity index (χ2n) is 10.2. The molecule has 0 saturated carbocycles. The molecule has 1 aromatic carbocycles. The Balaban J connectivity index is 1.42. The lowest BCUT2D eigenvalue weighted by atomic mass is 9.96. The molecule has 0 bridgehead atoms. The molecular weight excluding hydrogens is 590 g/mol. The Morgan fingerprint density at radius 2 is 1.02 bits per heavy atom. The highest BCUT2D eigenvalue weighted by Crippen LogP contribution is 2.33. The molecule has 3 heterocycles. The Hall–Kier alpha value is -2.18. The van der Waals surface area contributed by atoms with Gasteiger partial charge < -0.3 is 79.5 Å². The average Bonchev–Trinajstić information content (AvgIpc) is 3.00. The Morgan fingerprint density at radius 3 is 1.49 bits per heavy atom. The van der Waals surface area contributed by atoms with Crippen molar-refractivity contribution in [2.75, 3.05) is 19.8 Å². The quantitative estimate of drug-likeness (QED) is 0.0856. The molecule has 19 nitrogen and oxygen atoms in total. The van der Waals surface area contributed by atoms with Crippen LogP contribution in [0.2, 0.25) is 0 Å². The van der Waals surface area contributed by atoms with Gasteiger partial charge in [-0.3, -0.25) is 10.1 Å². The third-order valence-electron chi connectivity index (χ3n) is 7.37. The first-order valence-corrected chi connectivity index (χ1v) is 13.2. The molecule has 1 aromatic rings. The summed E-state index contributed by atoms with van der Waals surface area (Å²) in [5.41, 5.74) is -0.227. The Kier molecular flexibility index (Phi) is 11.2. The fraction of sp³-hybridized carbons (Fsp3) is 0.750. The standard InChI is InChI=1S/C24H35NO18/c26-5-10-13(29)14(30)17(33)23(39-10)42-21-12(7-28)41-24(19(35)16(21)32)43-20-11(6-27)40-22(18(34)15(20)31)38-9-3-1-8(2-4-9)25(36)37/h1-4,10-24,26-35H,5-7H2/t10-,11-,12-,13-,14+,15-,16-,17-,18-,19-,20-,21-,22-,23-,24-/m1/s1. The van der Waals surface area contributed by atoms with Gasteiger partial charge in [0.2, 0.25) is 6.29 Å². The van der Waals surface area contributed by atoms with Gasteiger partial charge in [0.15, 0.2) is 12.6 Å². The summed E-state index contributed by atoms with van der Waals surface area (Å²) < 4.78 is 32.8. The third kappa shape index (κ3) is 7.06. The molecule has 244 valence electrons. The Morgan fingerprint density at radius 1 is 0.605 bits per heavy atom. The van der Waals surface area contributed by atoms with E-state index in [9.17, 15) is 61.2 Å². The van der Waals surface area contributed by atoms with Crippen LogP contribution in [-0.2, 0) is 23.7 Å². The lowest BCUT2D eigenvalue weighted by molar-refractivity contribution is -0.384. The SMILES string of the molecule is O=[N+]([O-])c1ccc(O[C@@H]2O[C@H](CO)[C@@H](O[C@H]3O[C@H](CO)[C@@H](O[C@H]4O[C@H](CO)[C@@H](O)[C@H](O)[C@H]4O)[C@H](O)[C@H]3O)[C@H](O)[C@H]2O)cc1. The van der Waals surface area contributed by atoms with E-state index in [1.165, 1.54) is 12.1 Å². The Bertz CT molecular complexity index is 1040. The highest BCUT2D eigenvalue weighted by Gasteiger charge is 2.53. The largest absolute Gasteiger partial charge is 0.462 e. The highest BCUT2D eigenvalue weighted by atomic mass is 16.8. The lowest BCUT2D eigenvalue weighted by Crippen LogP contribution is -2.66. The van der Waals surface area contributed by atoms with Crippen molar-refractivity contribution >= 4 is 5.69 Å². The van der Waals surface area contributed by atoms with E-state index in [-0.39, 0.29) is 11.4 Å². The number of benzene rings is 1. The number of hydrogen-bond donors (Lipinski definition) is 10. The number of nitro benzene ring substituents is 1. The molecule has 0 spiro atoms. The minimum atomic E-state index is -1.96. The van der Waals surface area contributed by atoms with Gasteiger partial charge in [0.05, 0.1) is 24.7 Å². The highest BCUT2D eigenvalue weighted by molar-refractivity contribution is 5.36. The van der Waals surface area contributed by atoms with Crippen LogP contribution in [0.5, 0.6) is 5.75 Å². The average molecular weight is 626 g/mol. The van der Waals surface area contributed by atoms with Gasteiger partial charge in [-0.2, -0.15) is 0 Å². The van der Waals surface area contributed by atoms with Crippen LogP contribution in [0, 0.1) is 10.1 Å². The lowest BCUT2D eigenvalue weighted by Gasteiger charge is -2.48. The van der Waals surface area contributed by atoms with E-state index in [0.29, 0.717) is 0 Å². The summed E-state index contributed by atoms with van der Waals surface area (Å²) in [6.45, 7) is -2.42. The molecule has 0 unspecified atom stereocenters. The van der Waals surface area contributed by atoms with E-state index in [1.54, 1.807) is 0 Å². The molecule has 10 N–H and O–H groups in total. The van der Waals surface area contributed by atoms with Crippen molar-refractivity contribution in [1.29, 1.82) is 0 Å². The smallest absolute Gasteiger partial charge is 0.269 e. The van der Waals surface area contributed by atoms with E-state index in [0.717, 1.165) is 12.1 Å². The number of rotatable bonds is 10. The number of aliphatic hydroxyl groups is 10. The fourth-order valence-corrected chi connectivity index (χ4v) is 4.92. The predicted molar refractivity (Wildman–Crippen MR) is 133 cm³/mol. The minimum Gasteiger partial charge on any atom is -0.462 e. The molecule has 0 aliphatic carbocycles. The number of ether oxygens (including phenoxy) is 6. The van der Waals surface area contributed by atoms with Crippen LogP contribution >= 0.6 is 0 Å². The summed E-state index contributed by atoms with van der Waals surface area (Å²) in [5, 5.41) is 113. The molecule has 15 atom stereocenters. The van der Waals surface area contributed by atoms with Crippen LogP contribution in [0.1, 0.15) is 0 Å². The van der Waals surface area contributed by atoms with Crippen LogP contribution in [0.25, 0.3) is 0 Å². The minimum absolute atomic E-state index is 0.0308. The maximum Gasteiger partial charge on any atom is 0.269 e. The molecule has 4 rings (SSSR count). The fourth-order valence-electron chi connectivity index (χ4n) is 4.92. The van der Waals surface area contributed by atoms with Crippen molar-refractivity contribution in [1.82, 2.24) is 0 Å². The van der Waals surface area contributed by atoms with Crippen LogP contribution in [0.3, 0.4) is 0 Å². The first-order chi connectivity index (χ1) is 20.4. The van der Waals surface area contributed by atoms with E-state index >= 15 is 0 Å². The number of non-ortho nitro benzene ring substituents is 1. The van der Waals surface area contributed by atoms with Gasteiger partial charge in [0.1, 0.15) is 79.0 Å². The van der Waals surface area contributed by atoms with Crippen LogP contribution < -0.4 is 4.74 Å². The summed E-state index contributed by atoms with van der Waals surface area (Å²) >= 11 is 0. The summed E-state index contributed by atoms with van der Waals surface area (Å²) in [5.74, 6) is 0.0308. The van der Waals surface area contributed by atoms with Gasteiger partial charge in [-0.25, -0.2) is 0 Å². The summed E-state index contributed by atoms with van der Waals surface area (Å²) in [7, 11) is 0. The van der Waals surface area contributed by atoms with Gasteiger partial charge in [-0.05, 0) is 12.1 Å². The van der Waals surface area contributed by atoms with Gasteiger partial charge in [0, 0.05) is 12.1 Å². The van der Waals surface area contributed by atoms with Crippen molar-refractivity contribution in [3.63, 3.8) is 0 Å². The second-order valence-corrected chi connectivity index (χ2v) is 10.2. The van der Waals surface area contributed by atoms with Crippen molar-refractivity contribution in [2.45, 2.75) is 92.1 Å². The summed E-state index contributed by atoms with van der Waals surface area (Å²) in [4.78, 5) is 10.2. The molecule has 3 aliphatic rings. The van der Waals surface area contributed by atoms with E-state index < -0.39 is 117 Å². The summed E-state index contributed by atoms with van der Waals surface area (Å²) in [6.07, 6.45) is -25.4. The van der Waals surface area contributed by atoms with Gasteiger partial charge in [-0.15, -0.1) is 0 Å². The Labute approximate surface area is 242 Å². The van der Waals surface area contributed by atoms with Crippen molar-refractivity contribution in [2.24, 2.45) is 0 Å². The molecule has 3 saturated heterocycles. The van der Waals surface area contributed by atoms with Crippen LogP contribution in [0.15, 0.2) is 24.3 Å². The second kappa shape index (κ2) is 14.3. The zero-order valence-electron chi connectivity index (χ0n) is 22.3. The van der Waals surface area contributed by atoms with Gasteiger partial charge in [-0.1, -0.05) is 0 Å². The molecule has 0 radical (unpaired) electrons. The number of aliphatic hydroxyl groups excluding tert-OH is 10. The summed E-state index contributed by atoms with van der Waals surface area (Å²) in [6, 6.07) is 4.72. The number of hydrogen-bond acceptors (Lipinski definition) is 18. The number of nitrogens with zero attached hydrogens (tertiary/aromatic N) is 1. The molecule has 3 aliphatic heterocycles.